The first kappa shape index (κ1) is 17.3. The monoisotopic (exact) mass is 332 g/mol. The predicted octanol–water partition coefficient (Wildman–Crippen LogP) is 2.49. The van der Waals surface area contributed by atoms with E-state index in [2.05, 4.69) is 15.7 Å². The van der Waals surface area contributed by atoms with Crippen LogP contribution in [0.4, 0.5) is 16.2 Å². The molecule has 24 heavy (non-hydrogen) atoms. The summed E-state index contributed by atoms with van der Waals surface area (Å²) < 4.78 is 11.8. The Morgan fingerprint density at radius 3 is 2.46 bits per heavy atom. The molecular weight excluding hydrogens is 312 g/mol. The molecule has 1 heterocycles. The standard InChI is InChI=1S/C16H20N4O4/c1-3-20-10-13(9-17-20)19-16(22)18-12-5-7-14(8-6-12)24-11-15(21)23-4-2/h5-10H,3-4,11H2,1-2H3,(H2,18,19,22). The molecule has 2 aromatic rings. The highest BCUT2D eigenvalue weighted by molar-refractivity contribution is 5.99. The molecule has 2 amide bonds. The predicted molar refractivity (Wildman–Crippen MR) is 89.1 cm³/mol. The van der Waals surface area contributed by atoms with Gasteiger partial charge in [0.25, 0.3) is 0 Å². The number of ether oxygens (including phenoxy) is 2. The minimum Gasteiger partial charge on any atom is -0.482 e. The van der Waals surface area contributed by atoms with Crippen LogP contribution in [0.25, 0.3) is 0 Å². The molecule has 0 fully saturated rings. The lowest BCUT2D eigenvalue weighted by Gasteiger charge is -2.08. The number of benzene rings is 1. The van der Waals surface area contributed by atoms with Crippen LogP contribution in [0.5, 0.6) is 5.75 Å². The van der Waals surface area contributed by atoms with Gasteiger partial charge in [-0.25, -0.2) is 9.59 Å². The molecule has 2 N–H and O–H groups in total. The molecule has 0 aliphatic rings. The maximum absolute atomic E-state index is 11.9. The number of anilines is 2. The van der Waals surface area contributed by atoms with E-state index in [4.69, 9.17) is 9.47 Å². The maximum Gasteiger partial charge on any atom is 0.344 e. The number of nitrogens with one attached hydrogen (secondary N) is 2. The van der Waals surface area contributed by atoms with Crippen molar-refractivity contribution in [2.24, 2.45) is 0 Å². The summed E-state index contributed by atoms with van der Waals surface area (Å²) in [6, 6.07) is 6.30. The van der Waals surface area contributed by atoms with Crippen LogP contribution in [-0.4, -0.2) is 35.0 Å². The topological polar surface area (TPSA) is 94.5 Å². The number of hydrogen-bond acceptors (Lipinski definition) is 5. The number of carbonyl (C=O) groups is 2. The summed E-state index contributed by atoms with van der Waals surface area (Å²) in [5.41, 5.74) is 1.21. The highest BCUT2D eigenvalue weighted by atomic mass is 16.6. The van der Waals surface area contributed by atoms with E-state index >= 15 is 0 Å². The summed E-state index contributed by atoms with van der Waals surface area (Å²) >= 11 is 0. The maximum atomic E-state index is 11.9. The SMILES string of the molecule is CCOC(=O)COc1ccc(NC(=O)Nc2cnn(CC)c2)cc1. The van der Waals surface area contributed by atoms with Gasteiger partial charge in [0.2, 0.25) is 0 Å². The van der Waals surface area contributed by atoms with Crippen LogP contribution in [0.2, 0.25) is 0 Å². The Morgan fingerprint density at radius 2 is 1.83 bits per heavy atom. The Bertz CT molecular complexity index is 682. The molecule has 0 aliphatic heterocycles. The van der Waals surface area contributed by atoms with E-state index in [0.29, 0.717) is 23.7 Å². The van der Waals surface area contributed by atoms with Gasteiger partial charge in [-0.3, -0.25) is 4.68 Å². The lowest BCUT2D eigenvalue weighted by Crippen LogP contribution is -2.19. The van der Waals surface area contributed by atoms with Gasteiger partial charge < -0.3 is 20.1 Å². The van der Waals surface area contributed by atoms with Crippen LogP contribution in [0.3, 0.4) is 0 Å². The number of aryl methyl sites for hydroxylation is 1. The summed E-state index contributed by atoms with van der Waals surface area (Å²) in [7, 11) is 0. The Balaban J connectivity index is 1.82. The molecule has 2 rings (SSSR count). The first-order chi connectivity index (χ1) is 11.6. The highest BCUT2D eigenvalue weighted by Gasteiger charge is 2.06. The minimum absolute atomic E-state index is 0.150. The molecule has 8 nitrogen and oxygen atoms in total. The number of aromatic nitrogens is 2. The largest absolute Gasteiger partial charge is 0.482 e. The number of nitrogens with zero attached hydrogens (tertiary/aromatic N) is 2. The van der Waals surface area contributed by atoms with E-state index in [1.807, 2.05) is 6.92 Å². The molecule has 0 unspecified atom stereocenters. The van der Waals surface area contributed by atoms with Gasteiger partial charge >= 0.3 is 12.0 Å². The smallest absolute Gasteiger partial charge is 0.344 e. The van der Waals surface area contributed by atoms with Crippen molar-refractivity contribution in [1.29, 1.82) is 0 Å². The number of esters is 1. The molecule has 1 aromatic carbocycles. The van der Waals surface area contributed by atoms with Crippen molar-refractivity contribution in [2.75, 3.05) is 23.8 Å². The van der Waals surface area contributed by atoms with Gasteiger partial charge in [0.15, 0.2) is 6.61 Å². The number of amides is 2. The van der Waals surface area contributed by atoms with E-state index < -0.39 is 5.97 Å². The van der Waals surface area contributed by atoms with Gasteiger partial charge in [0.1, 0.15) is 5.75 Å². The van der Waals surface area contributed by atoms with E-state index in [1.54, 1.807) is 48.3 Å². The molecule has 1 aromatic heterocycles. The average molecular weight is 332 g/mol. The van der Waals surface area contributed by atoms with Gasteiger partial charge in [0.05, 0.1) is 18.5 Å². The molecule has 0 bridgehead atoms. The second kappa shape index (κ2) is 8.56. The third-order valence-corrected chi connectivity index (χ3v) is 2.99. The van der Waals surface area contributed by atoms with Crippen LogP contribution < -0.4 is 15.4 Å². The lowest BCUT2D eigenvalue weighted by molar-refractivity contribution is -0.145. The molecule has 0 saturated heterocycles. The van der Waals surface area contributed by atoms with Gasteiger partial charge in [-0.1, -0.05) is 0 Å². The second-order valence-corrected chi connectivity index (χ2v) is 4.78. The highest BCUT2D eigenvalue weighted by Crippen LogP contribution is 2.16. The van der Waals surface area contributed by atoms with Crippen LogP contribution in [0, 0.1) is 0 Å². The number of carbonyl (C=O) groups excluding carboxylic acids is 2. The molecule has 0 atom stereocenters. The van der Waals surface area contributed by atoms with Crippen LogP contribution in [0.1, 0.15) is 13.8 Å². The number of rotatable bonds is 7. The zero-order chi connectivity index (χ0) is 17.4. The summed E-state index contributed by atoms with van der Waals surface area (Å²) in [6.45, 7) is 4.59. The number of urea groups is 1. The van der Waals surface area contributed by atoms with Gasteiger partial charge in [0, 0.05) is 18.4 Å². The van der Waals surface area contributed by atoms with Crippen molar-refractivity contribution in [1.82, 2.24) is 9.78 Å². The zero-order valence-electron chi connectivity index (χ0n) is 13.6. The van der Waals surface area contributed by atoms with Gasteiger partial charge in [-0.05, 0) is 38.1 Å². The first-order valence-electron chi connectivity index (χ1n) is 7.59. The lowest BCUT2D eigenvalue weighted by atomic mass is 10.3. The van der Waals surface area contributed by atoms with E-state index in [1.165, 1.54) is 0 Å². The average Bonchev–Trinajstić information content (AvgIpc) is 3.02. The Hall–Kier alpha value is -3.03. The van der Waals surface area contributed by atoms with Crippen molar-refractivity contribution in [3.05, 3.63) is 36.7 Å². The molecule has 0 spiro atoms. The molecular formula is C16H20N4O4. The molecule has 8 heteroatoms. The normalized spacial score (nSPS) is 10.1. The van der Waals surface area contributed by atoms with Crippen molar-refractivity contribution < 1.29 is 19.1 Å². The van der Waals surface area contributed by atoms with E-state index in [9.17, 15) is 9.59 Å². The molecule has 0 radical (unpaired) electrons. The number of hydrogen-bond donors (Lipinski definition) is 2. The Kier molecular flexibility index (Phi) is 6.18. The van der Waals surface area contributed by atoms with Crippen LogP contribution in [-0.2, 0) is 16.1 Å². The summed E-state index contributed by atoms with van der Waals surface area (Å²) in [5, 5.41) is 9.46. The fraction of sp³-hybridized carbons (Fsp3) is 0.312. The quantitative estimate of drug-likeness (QED) is 0.760. The van der Waals surface area contributed by atoms with Gasteiger partial charge in [-0.2, -0.15) is 5.10 Å². The van der Waals surface area contributed by atoms with Crippen LogP contribution >= 0.6 is 0 Å². The van der Waals surface area contributed by atoms with Crippen LogP contribution in [0.15, 0.2) is 36.7 Å². The third kappa shape index (κ3) is 5.31. The van der Waals surface area contributed by atoms with Gasteiger partial charge in [-0.15, -0.1) is 0 Å². The summed E-state index contributed by atoms with van der Waals surface area (Å²) in [4.78, 5) is 23.1. The summed E-state index contributed by atoms with van der Waals surface area (Å²) in [5.74, 6) is 0.0879. The van der Waals surface area contributed by atoms with Crippen molar-refractivity contribution in [3.63, 3.8) is 0 Å². The summed E-state index contributed by atoms with van der Waals surface area (Å²) in [6.07, 6.45) is 3.32. The molecule has 0 saturated carbocycles. The third-order valence-electron chi connectivity index (χ3n) is 2.99. The first-order valence-corrected chi connectivity index (χ1v) is 7.59. The fourth-order valence-electron chi connectivity index (χ4n) is 1.87. The van der Waals surface area contributed by atoms with Crippen molar-refractivity contribution in [2.45, 2.75) is 20.4 Å². The molecule has 128 valence electrons. The van der Waals surface area contributed by atoms with Crippen molar-refractivity contribution in [3.8, 4) is 5.75 Å². The Morgan fingerprint density at radius 1 is 1.12 bits per heavy atom. The van der Waals surface area contributed by atoms with E-state index in [-0.39, 0.29) is 12.6 Å². The zero-order valence-corrected chi connectivity index (χ0v) is 13.6. The van der Waals surface area contributed by atoms with Crippen molar-refractivity contribution >= 4 is 23.4 Å². The molecule has 0 aliphatic carbocycles. The van der Waals surface area contributed by atoms with E-state index in [0.717, 1.165) is 6.54 Å². The Labute approximate surface area is 139 Å². The minimum atomic E-state index is -0.424. The fourth-order valence-corrected chi connectivity index (χ4v) is 1.87. The second-order valence-electron chi connectivity index (χ2n) is 4.78.